The number of carboxylic acid groups (broad SMARTS) is 1. The van der Waals surface area contributed by atoms with Crippen LogP contribution in [0, 0.1) is 20.8 Å². The smallest absolute Gasteiger partial charge is 0.307 e. The molecular weight excluding hydrogens is 290 g/mol. The Morgan fingerprint density at radius 3 is 2.29 bits per heavy atom. The molecule has 1 N–H and O–H groups in total. The summed E-state index contributed by atoms with van der Waals surface area (Å²) in [6.45, 7) is 6.39. The number of benzene rings is 1. The van der Waals surface area contributed by atoms with Gasteiger partial charge in [0.2, 0.25) is 10.0 Å². The van der Waals surface area contributed by atoms with Gasteiger partial charge in [-0.25, -0.2) is 8.42 Å². The number of aryl methyl sites for hydroxylation is 2. The van der Waals surface area contributed by atoms with E-state index in [1.54, 1.807) is 19.9 Å². The molecule has 0 amide bonds. The lowest BCUT2D eigenvalue weighted by Gasteiger charge is -2.21. The first-order valence-electron chi connectivity index (χ1n) is 7.06. The quantitative estimate of drug-likeness (QED) is 0.923. The molecular formula is C15H21NO4S. The van der Waals surface area contributed by atoms with E-state index in [9.17, 15) is 13.2 Å². The third-order valence-corrected chi connectivity index (χ3v) is 6.24. The van der Waals surface area contributed by atoms with Crippen molar-refractivity contribution in [2.75, 3.05) is 13.1 Å². The first-order chi connectivity index (χ1) is 9.75. The Bertz CT molecular complexity index is 673. The summed E-state index contributed by atoms with van der Waals surface area (Å²) in [7, 11) is -3.53. The molecule has 1 heterocycles. The number of aliphatic carboxylic acids is 1. The van der Waals surface area contributed by atoms with Gasteiger partial charge in [0.05, 0.1) is 11.3 Å². The zero-order valence-electron chi connectivity index (χ0n) is 12.6. The normalized spacial score (nSPS) is 16.3. The number of hydrogen-bond donors (Lipinski definition) is 1. The molecule has 21 heavy (non-hydrogen) atoms. The van der Waals surface area contributed by atoms with Crippen LogP contribution in [-0.4, -0.2) is 36.9 Å². The molecule has 0 bridgehead atoms. The Balaban J connectivity index is 2.60. The number of carbonyl (C=O) groups is 1. The van der Waals surface area contributed by atoms with Crippen LogP contribution in [0.2, 0.25) is 0 Å². The second-order valence-electron chi connectivity index (χ2n) is 5.62. The van der Waals surface area contributed by atoms with E-state index in [4.69, 9.17) is 5.11 Å². The van der Waals surface area contributed by atoms with Gasteiger partial charge in [-0.3, -0.25) is 4.79 Å². The SMILES string of the molecule is Cc1cc(C)c(S(=O)(=O)N2CCCC2)c(C)c1CC(=O)O. The Morgan fingerprint density at radius 1 is 1.19 bits per heavy atom. The average molecular weight is 311 g/mol. The third-order valence-electron chi connectivity index (χ3n) is 4.05. The topological polar surface area (TPSA) is 74.7 Å². The Morgan fingerprint density at radius 2 is 1.76 bits per heavy atom. The van der Waals surface area contributed by atoms with Gasteiger partial charge in [-0.15, -0.1) is 0 Å². The van der Waals surface area contributed by atoms with Crippen molar-refractivity contribution in [2.45, 2.75) is 44.9 Å². The van der Waals surface area contributed by atoms with Crippen molar-refractivity contribution in [1.82, 2.24) is 4.31 Å². The molecule has 0 radical (unpaired) electrons. The van der Waals surface area contributed by atoms with Gasteiger partial charge in [-0.2, -0.15) is 4.31 Å². The maximum absolute atomic E-state index is 12.8. The molecule has 5 nitrogen and oxygen atoms in total. The second kappa shape index (κ2) is 5.77. The highest BCUT2D eigenvalue weighted by Crippen LogP contribution is 2.30. The Labute approximate surface area is 125 Å². The van der Waals surface area contributed by atoms with Gasteiger partial charge in [-0.05, 0) is 55.9 Å². The van der Waals surface area contributed by atoms with Gasteiger partial charge in [0, 0.05) is 13.1 Å². The summed E-state index contributed by atoms with van der Waals surface area (Å²) < 4.78 is 27.1. The summed E-state index contributed by atoms with van der Waals surface area (Å²) in [5.74, 6) is -0.949. The third kappa shape index (κ3) is 2.96. The summed E-state index contributed by atoms with van der Waals surface area (Å²) in [5, 5.41) is 9.03. The van der Waals surface area contributed by atoms with Crippen molar-refractivity contribution in [3.63, 3.8) is 0 Å². The number of carboxylic acids is 1. The van der Waals surface area contributed by atoms with Gasteiger partial charge in [0.1, 0.15) is 0 Å². The molecule has 1 aromatic rings. The molecule has 1 aromatic carbocycles. The molecule has 2 rings (SSSR count). The van der Waals surface area contributed by atoms with Crippen LogP contribution in [0.3, 0.4) is 0 Å². The van der Waals surface area contributed by atoms with Gasteiger partial charge < -0.3 is 5.11 Å². The molecule has 0 aromatic heterocycles. The van der Waals surface area contributed by atoms with Crippen molar-refractivity contribution in [3.05, 3.63) is 28.3 Å². The van der Waals surface area contributed by atoms with E-state index in [0.29, 0.717) is 29.8 Å². The summed E-state index contributed by atoms with van der Waals surface area (Å²) >= 11 is 0. The lowest BCUT2D eigenvalue weighted by atomic mass is 9.97. The van der Waals surface area contributed by atoms with Crippen LogP contribution in [0.25, 0.3) is 0 Å². The molecule has 0 saturated carbocycles. The summed E-state index contributed by atoms with van der Waals surface area (Å²) in [4.78, 5) is 11.3. The second-order valence-corrected chi connectivity index (χ2v) is 7.50. The van der Waals surface area contributed by atoms with Gasteiger partial charge >= 0.3 is 5.97 Å². The Kier molecular flexibility index (Phi) is 4.39. The van der Waals surface area contributed by atoms with Crippen LogP contribution in [0.1, 0.15) is 35.1 Å². The minimum absolute atomic E-state index is 0.152. The van der Waals surface area contributed by atoms with Crippen molar-refractivity contribution in [1.29, 1.82) is 0 Å². The molecule has 6 heteroatoms. The zero-order chi connectivity index (χ0) is 15.8. The molecule has 0 spiro atoms. The minimum atomic E-state index is -3.53. The molecule has 116 valence electrons. The summed E-state index contributed by atoms with van der Waals surface area (Å²) in [6, 6.07) is 1.77. The molecule has 1 aliphatic rings. The highest BCUT2D eigenvalue weighted by molar-refractivity contribution is 7.89. The van der Waals surface area contributed by atoms with Crippen LogP contribution in [0.4, 0.5) is 0 Å². The highest BCUT2D eigenvalue weighted by atomic mass is 32.2. The van der Waals surface area contributed by atoms with Gasteiger partial charge in [0.25, 0.3) is 0 Å². The van der Waals surface area contributed by atoms with Crippen molar-refractivity contribution in [2.24, 2.45) is 0 Å². The highest BCUT2D eigenvalue weighted by Gasteiger charge is 2.31. The number of hydrogen-bond acceptors (Lipinski definition) is 3. The molecule has 1 saturated heterocycles. The first kappa shape index (κ1) is 16.0. The van der Waals surface area contributed by atoms with Crippen molar-refractivity contribution in [3.8, 4) is 0 Å². The van der Waals surface area contributed by atoms with Gasteiger partial charge in [-0.1, -0.05) is 6.07 Å². The average Bonchev–Trinajstić information content (AvgIpc) is 2.88. The zero-order valence-corrected chi connectivity index (χ0v) is 13.5. The first-order valence-corrected chi connectivity index (χ1v) is 8.50. The van der Waals surface area contributed by atoms with E-state index in [2.05, 4.69) is 0 Å². The lowest BCUT2D eigenvalue weighted by molar-refractivity contribution is -0.136. The maximum atomic E-state index is 12.8. The number of nitrogens with zero attached hydrogens (tertiary/aromatic N) is 1. The van der Waals surface area contributed by atoms with Crippen molar-refractivity contribution < 1.29 is 18.3 Å². The predicted molar refractivity (Wildman–Crippen MR) is 80.0 cm³/mol. The summed E-state index contributed by atoms with van der Waals surface area (Å²) in [6.07, 6.45) is 1.61. The monoisotopic (exact) mass is 311 g/mol. The standard InChI is InChI=1S/C15H21NO4S/c1-10-8-11(2)15(12(3)13(10)9-14(17)18)21(19,20)16-6-4-5-7-16/h8H,4-7,9H2,1-3H3,(H,17,18). The predicted octanol–water partition coefficient (Wildman–Crippen LogP) is 2.02. The van der Waals surface area contributed by atoms with E-state index in [1.807, 2.05) is 6.92 Å². The largest absolute Gasteiger partial charge is 0.481 e. The molecule has 0 unspecified atom stereocenters. The van der Waals surface area contributed by atoms with Crippen LogP contribution in [0.15, 0.2) is 11.0 Å². The fourth-order valence-corrected chi connectivity index (χ4v) is 5.06. The van der Waals surface area contributed by atoms with E-state index in [1.165, 1.54) is 4.31 Å². The molecule has 0 atom stereocenters. The van der Waals surface area contributed by atoms with Crippen LogP contribution in [-0.2, 0) is 21.2 Å². The molecule has 1 aliphatic heterocycles. The number of rotatable bonds is 4. The Hall–Kier alpha value is -1.40. The van der Waals surface area contributed by atoms with E-state index in [0.717, 1.165) is 18.4 Å². The fraction of sp³-hybridized carbons (Fsp3) is 0.533. The number of sulfonamides is 1. The lowest BCUT2D eigenvalue weighted by Crippen LogP contribution is -2.29. The van der Waals surface area contributed by atoms with Gasteiger partial charge in [0.15, 0.2) is 0 Å². The molecule has 0 aliphatic carbocycles. The maximum Gasteiger partial charge on any atom is 0.307 e. The van der Waals surface area contributed by atoms with Crippen LogP contribution >= 0.6 is 0 Å². The minimum Gasteiger partial charge on any atom is -0.481 e. The van der Waals surface area contributed by atoms with Crippen LogP contribution < -0.4 is 0 Å². The van der Waals surface area contributed by atoms with E-state index >= 15 is 0 Å². The van der Waals surface area contributed by atoms with E-state index in [-0.39, 0.29) is 11.3 Å². The van der Waals surface area contributed by atoms with Crippen LogP contribution in [0.5, 0.6) is 0 Å². The molecule has 1 fully saturated rings. The van der Waals surface area contributed by atoms with E-state index < -0.39 is 16.0 Å². The summed E-state index contributed by atoms with van der Waals surface area (Å²) in [5.41, 5.74) is 2.69. The van der Waals surface area contributed by atoms with Crippen molar-refractivity contribution >= 4 is 16.0 Å². The fourth-order valence-electron chi connectivity index (χ4n) is 3.08.